The van der Waals surface area contributed by atoms with E-state index in [1.807, 2.05) is 0 Å². The van der Waals surface area contributed by atoms with E-state index in [2.05, 4.69) is 0 Å². The molecule has 0 aliphatic carbocycles. The number of ketones is 1. The molecule has 0 aliphatic heterocycles. The number of ether oxygens (including phenoxy) is 1. The number of halogens is 2. The molecule has 1 rings (SSSR count). The Hall–Kier alpha value is -0.730. The third-order valence-electron chi connectivity index (χ3n) is 1.63. The van der Waals surface area contributed by atoms with Crippen molar-refractivity contribution in [2.75, 3.05) is 7.11 Å². The first kappa shape index (κ1) is 10.4. The van der Waals surface area contributed by atoms with E-state index in [4.69, 9.17) is 27.9 Å². The molecule has 0 spiro atoms. The van der Waals surface area contributed by atoms with E-state index in [-0.39, 0.29) is 10.8 Å². The fourth-order valence-electron chi connectivity index (χ4n) is 1.01. The molecule has 13 heavy (non-hydrogen) atoms. The fourth-order valence-corrected chi connectivity index (χ4v) is 1.40. The van der Waals surface area contributed by atoms with Gasteiger partial charge >= 0.3 is 0 Å². The minimum Gasteiger partial charge on any atom is -0.494 e. The molecular formula is C9H8Cl2O2. The normalized spacial score (nSPS) is 9.85. The number of benzene rings is 1. The van der Waals surface area contributed by atoms with Gasteiger partial charge in [-0.1, -0.05) is 23.2 Å². The summed E-state index contributed by atoms with van der Waals surface area (Å²) in [6.07, 6.45) is 0. The van der Waals surface area contributed by atoms with Crippen LogP contribution < -0.4 is 4.74 Å². The lowest BCUT2D eigenvalue weighted by Gasteiger charge is -2.08. The lowest BCUT2D eigenvalue weighted by Crippen LogP contribution is -1.98. The van der Waals surface area contributed by atoms with Gasteiger partial charge < -0.3 is 4.74 Å². The van der Waals surface area contributed by atoms with Gasteiger partial charge in [0.25, 0.3) is 0 Å². The average molecular weight is 219 g/mol. The highest BCUT2D eigenvalue weighted by atomic mass is 35.5. The Labute approximate surface area is 86.4 Å². The van der Waals surface area contributed by atoms with E-state index in [1.165, 1.54) is 14.0 Å². The second kappa shape index (κ2) is 3.99. The van der Waals surface area contributed by atoms with E-state index in [0.717, 1.165) is 0 Å². The zero-order valence-corrected chi connectivity index (χ0v) is 8.74. The summed E-state index contributed by atoms with van der Waals surface area (Å²) in [6, 6.07) is 3.17. The Bertz CT molecular complexity index is 348. The van der Waals surface area contributed by atoms with Gasteiger partial charge in [-0.15, -0.1) is 0 Å². The van der Waals surface area contributed by atoms with Crippen LogP contribution in [0.5, 0.6) is 5.75 Å². The molecule has 0 amide bonds. The number of hydrogen-bond donors (Lipinski definition) is 0. The minimum absolute atomic E-state index is 0.101. The number of hydrogen-bond acceptors (Lipinski definition) is 2. The summed E-state index contributed by atoms with van der Waals surface area (Å²) < 4.78 is 4.98. The number of rotatable bonds is 2. The van der Waals surface area contributed by atoms with Crippen molar-refractivity contribution < 1.29 is 9.53 Å². The smallest absolute Gasteiger partial charge is 0.163 e. The van der Waals surface area contributed by atoms with E-state index in [9.17, 15) is 4.79 Å². The molecule has 70 valence electrons. The molecule has 1 aromatic rings. The summed E-state index contributed by atoms with van der Waals surface area (Å²) in [5, 5.41) is 0.653. The largest absolute Gasteiger partial charge is 0.494 e. The summed E-state index contributed by atoms with van der Waals surface area (Å²) in [5.41, 5.74) is 0.442. The summed E-state index contributed by atoms with van der Waals surface area (Å²) >= 11 is 11.6. The first-order valence-corrected chi connectivity index (χ1v) is 4.36. The molecule has 0 unspecified atom stereocenters. The molecule has 1 aromatic carbocycles. The molecule has 0 radical (unpaired) electrons. The predicted octanol–water partition coefficient (Wildman–Crippen LogP) is 3.20. The van der Waals surface area contributed by atoms with Crippen LogP contribution in [0.3, 0.4) is 0 Å². The zero-order valence-electron chi connectivity index (χ0n) is 7.23. The number of methoxy groups -OCH3 is 1. The van der Waals surface area contributed by atoms with Crippen LogP contribution in [0.4, 0.5) is 0 Å². The van der Waals surface area contributed by atoms with Crippen molar-refractivity contribution >= 4 is 29.0 Å². The van der Waals surface area contributed by atoms with Crippen molar-refractivity contribution in [1.82, 2.24) is 0 Å². The van der Waals surface area contributed by atoms with Gasteiger partial charge in [-0.2, -0.15) is 0 Å². The van der Waals surface area contributed by atoms with Gasteiger partial charge in [-0.25, -0.2) is 0 Å². The third-order valence-corrected chi connectivity index (χ3v) is 2.42. The Kier molecular flexibility index (Phi) is 3.17. The van der Waals surface area contributed by atoms with Gasteiger partial charge in [0.1, 0.15) is 10.8 Å². The van der Waals surface area contributed by atoms with Crippen LogP contribution in [0.15, 0.2) is 12.1 Å². The highest BCUT2D eigenvalue weighted by molar-refractivity contribution is 6.43. The van der Waals surface area contributed by atoms with Crippen LogP contribution in [0.2, 0.25) is 10.0 Å². The quantitative estimate of drug-likeness (QED) is 0.714. The van der Waals surface area contributed by atoms with Gasteiger partial charge in [-0.3, -0.25) is 4.79 Å². The first-order valence-electron chi connectivity index (χ1n) is 3.61. The predicted molar refractivity (Wildman–Crippen MR) is 53.0 cm³/mol. The molecule has 0 saturated heterocycles. The Balaban J connectivity index is 3.38. The molecule has 0 aromatic heterocycles. The highest BCUT2D eigenvalue weighted by Gasteiger charge is 2.13. The highest BCUT2D eigenvalue weighted by Crippen LogP contribution is 2.34. The fraction of sp³-hybridized carbons (Fsp3) is 0.222. The molecule has 0 aliphatic rings. The second-order valence-corrected chi connectivity index (χ2v) is 3.28. The molecule has 2 nitrogen and oxygen atoms in total. The summed E-state index contributed by atoms with van der Waals surface area (Å²) in [5.74, 6) is 0.233. The van der Waals surface area contributed by atoms with Gasteiger partial charge in [0.2, 0.25) is 0 Å². The lowest BCUT2D eigenvalue weighted by atomic mass is 10.1. The topological polar surface area (TPSA) is 26.3 Å². The van der Waals surface area contributed by atoms with E-state index in [1.54, 1.807) is 12.1 Å². The van der Waals surface area contributed by atoms with Crippen LogP contribution in [-0.4, -0.2) is 12.9 Å². The molecular weight excluding hydrogens is 211 g/mol. The standard InChI is InChI=1S/C9H8Cl2O2/c1-5(12)6-3-4-7(10)8(11)9(6)13-2/h3-4H,1-2H3. The summed E-state index contributed by atoms with van der Waals surface area (Å²) in [4.78, 5) is 11.1. The van der Waals surface area contributed by atoms with E-state index >= 15 is 0 Å². The number of carbonyl (C=O) groups is 1. The molecule has 0 bridgehead atoms. The molecule has 0 fully saturated rings. The third kappa shape index (κ3) is 1.95. The van der Waals surface area contributed by atoms with Gasteiger partial charge in [0, 0.05) is 0 Å². The average Bonchev–Trinajstić information content (AvgIpc) is 2.09. The van der Waals surface area contributed by atoms with Crippen molar-refractivity contribution in [3.8, 4) is 5.75 Å². The number of carbonyl (C=O) groups excluding carboxylic acids is 1. The van der Waals surface area contributed by atoms with Crippen molar-refractivity contribution in [3.05, 3.63) is 27.7 Å². The molecule has 0 saturated carbocycles. The maximum Gasteiger partial charge on any atom is 0.163 e. The maximum absolute atomic E-state index is 11.1. The van der Waals surface area contributed by atoms with Crippen molar-refractivity contribution in [1.29, 1.82) is 0 Å². The van der Waals surface area contributed by atoms with Gasteiger partial charge in [0.05, 0.1) is 17.7 Å². The van der Waals surface area contributed by atoms with E-state index in [0.29, 0.717) is 16.3 Å². The molecule has 0 N–H and O–H groups in total. The van der Waals surface area contributed by atoms with Crippen LogP contribution in [0.25, 0.3) is 0 Å². The zero-order chi connectivity index (χ0) is 10.0. The minimum atomic E-state index is -0.101. The lowest BCUT2D eigenvalue weighted by molar-refractivity contribution is 0.101. The summed E-state index contributed by atoms with van der Waals surface area (Å²) in [6.45, 7) is 1.45. The molecule has 0 atom stereocenters. The van der Waals surface area contributed by atoms with E-state index < -0.39 is 0 Å². The van der Waals surface area contributed by atoms with Crippen LogP contribution in [0, 0.1) is 0 Å². The molecule has 4 heteroatoms. The van der Waals surface area contributed by atoms with Crippen LogP contribution in [0.1, 0.15) is 17.3 Å². The monoisotopic (exact) mass is 218 g/mol. The van der Waals surface area contributed by atoms with Crippen molar-refractivity contribution in [2.45, 2.75) is 6.92 Å². The van der Waals surface area contributed by atoms with Gasteiger partial charge in [0.15, 0.2) is 5.78 Å². The maximum atomic E-state index is 11.1. The van der Waals surface area contributed by atoms with Crippen molar-refractivity contribution in [3.63, 3.8) is 0 Å². The first-order chi connectivity index (χ1) is 6.07. The molecule has 0 heterocycles. The van der Waals surface area contributed by atoms with Gasteiger partial charge in [-0.05, 0) is 19.1 Å². The second-order valence-electron chi connectivity index (χ2n) is 2.50. The Morgan fingerprint density at radius 2 is 2.00 bits per heavy atom. The Morgan fingerprint density at radius 3 is 2.46 bits per heavy atom. The van der Waals surface area contributed by atoms with Crippen LogP contribution >= 0.6 is 23.2 Å². The number of Topliss-reactive ketones (excluding diaryl/α,β-unsaturated/α-hetero) is 1. The van der Waals surface area contributed by atoms with Crippen molar-refractivity contribution in [2.24, 2.45) is 0 Å². The summed E-state index contributed by atoms with van der Waals surface area (Å²) in [7, 11) is 1.45. The van der Waals surface area contributed by atoms with Crippen LogP contribution in [-0.2, 0) is 0 Å². The Morgan fingerprint density at radius 1 is 1.38 bits per heavy atom. The SMILES string of the molecule is COc1c(C(C)=O)ccc(Cl)c1Cl.